The molecule has 28 heavy (non-hydrogen) atoms. The van der Waals surface area contributed by atoms with Gasteiger partial charge in [0.05, 0.1) is 25.8 Å². The number of hydrogen-bond acceptors (Lipinski definition) is 5. The minimum atomic E-state index is -0.727. The second-order valence-electron chi connectivity index (χ2n) is 8.03. The lowest BCUT2D eigenvalue weighted by Gasteiger charge is -2.44. The summed E-state index contributed by atoms with van der Waals surface area (Å²) in [6, 6.07) is 18.6. The second kappa shape index (κ2) is 7.57. The molecule has 0 amide bonds. The van der Waals surface area contributed by atoms with Crippen LogP contribution in [-0.2, 0) is 16.0 Å². The fourth-order valence-corrected chi connectivity index (χ4v) is 5.18. The molecule has 4 rings (SSSR count). The maximum absolute atomic E-state index is 12.4. The summed E-state index contributed by atoms with van der Waals surface area (Å²) >= 11 is 0. The van der Waals surface area contributed by atoms with Crippen molar-refractivity contribution in [2.75, 3.05) is 14.2 Å². The summed E-state index contributed by atoms with van der Waals surface area (Å²) in [5.74, 6) is 1.01. The lowest BCUT2D eigenvalue weighted by atomic mass is 9.75. The number of carbonyl (C=O) groups excluding carboxylic acids is 1. The number of hydrogen-bond donors (Lipinski definition) is 2. The minimum Gasteiger partial charge on any atom is -0.496 e. The number of nitrogens with two attached hydrogens (primary N) is 1. The van der Waals surface area contributed by atoms with Gasteiger partial charge in [-0.1, -0.05) is 48.5 Å². The van der Waals surface area contributed by atoms with E-state index in [2.05, 4.69) is 35.6 Å². The molecule has 0 spiro atoms. The maximum Gasteiger partial charge on any atom is 0.311 e. The highest BCUT2D eigenvalue weighted by atomic mass is 16.5. The van der Waals surface area contributed by atoms with Crippen molar-refractivity contribution in [2.45, 2.75) is 31.0 Å². The van der Waals surface area contributed by atoms with Crippen LogP contribution in [0.4, 0.5) is 0 Å². The Morgan fingerprint density at radius 1 is 1.14 bits per heavy atom. The molecule has 2 aromatic carbocycles. The van der Waals surface area contributed by atoms with Gasteiger partial charge >= 0.3 is 5.97 Å². The van der Waals surface area contributed by atoms with E-state index in [9.17, 15) is 4.79 Å². The highest BCUT2D eigenvalue weighted by Gasteiger charge is 2.56. The Balaban J connectivity index is 1.71. The quantitative estimate of drug-likeness (QED) is 0.780. The summed E-state index contributed by atoms with van der Waals surface area (Å²) in [5, 5.41) is 3.65. The van der Waals surface area contributed by atoms with Gasteiger partial charge in [0.25, 0.3) is 0 Å². The molecular weight excluding hydrogens is 352 g/mol. The van der Waals surface area contributed by atoms with E-state index in [1.54, 1.807) is 7.11 Å². The van der Waals surface area contributed by atoms with Crippen LogP contribution in [0.5, 0.6) is 5.75 Å². The normalized spacial score (nSPS) is 31.4. The van der Waals surface area contributed by atoms with Crippen molar-refractivity contribution in [3.05, 3.63) is 65.7 Å². The van der Waals surface area contributed by atoms with E-state index in [1.165, 1.54) is 18.2 Å². The van der Waals surface area contributed by atoms with Gasteiger partial charge in [-0.2, -0.15) is 0 Å². The van der Waals surface area contributed by atoms with Crippen molar-refractivity contribution in [3.63, 3.8) is 0 Å². The molecule has 1 saturated carbocycles. The number of piperidine rings is 1. The molecule has 1 heterocycles. The molecular formula is C23H28N2O3. The van der Waals surface area contributed by atoms with Crippen LogP contribution in [0.3, 0.4) is 0 Å². The number of rotatable bonds is 5. The molecule has 148 valence electrons. The van der Waals surface area contributed by atoms with E-state index in [4.69, 9.17) is 15.2 Å². The van der Waals surface area contributed by atoms with Crippen molar-refractivity contribution in [2.24, 2.45) is 23.5 Å². The first-order valence-electron chi connectivity index (χ1n) is 9.87. The van der Waals surface area contributed by atoms with Crippen LogP contribution in [0.25, 0.3) is 0 Å². The average molecular weight is 380 g/mol. The molecule has 1 aliphatic heterocycles. The van der Waals surface area contributed by atoms with Crippen LogP contribution in [0, 0.1) is 17.8 Å². The molecule has 2 fully saturated rings. The van der Waals surface area contributed by atoms with Gasteiger partial charge < -0.3 is 15.2 Å². The van der Waals surface area contributed by atoms with Gasteiger partial charge in [0, 0.05) is 6.04 Å². The van der Waals surface area contributed by atoms with Crippen LogP contribution in [-0.4, -0.2) is 25.9 Å². The number of esters is 1. The van der Waals surface area contributed by atoms with E-state index in [1.807, 2.05) is 24.3 Å². The van der Waals surface area contributed by atoms with Crippen LogP contribution < -0.4 is 15.8 Å². The Bertz CT molecular complexity index is 841. The van der Waals surface area contributed by atoms with Crippen LogP contribution >= 0.6 is 0 Å². The predicted molar refractivity (Wildman–Crippen MR) is 108 cm³/mol. The third-order valence-electron chi connectivity index (χ3n) is 6.51. The third-order valence-corrected chi connectivity index (χ3v) is 6.51. The molecule has 2 aromatic rings. The largest absolute Gasteiger partial charge is 0.496 e. The number of nitrogens with one attached hydrogen (secondary N) is 1. The SMILES string of the molecule is COC(=O)C1CC2CC1(N)NC(c1ccccc1)C2Cc1ccccc1OC. The molecule has 0 aromatic heterocycles. The number of benzene rings is 2. The number of fused-ring (bicyclic) bond motifs is 2. The van der Waals surface area contributed by atoms with Crippen molar-refractivity contribution in [1.82, 2.24) is 5.32 Å². The number of methoxy groups -OCH3 is 2. The summed E-state index contributed by atoms with van der Waals surface area (Å²) in [6.45, 7) is 0. The average Bonchev–Trinajstić information content (AvgIpc) is 3.02. The second-order valence-corrected chi connectivity index (χ2v) is 8.03. The van der Waals surface area contributed by atoms with Crippen molar-refractivity contribution in [1.29, 1.82) is 0 Å². The first-order chi connectivity index (χ1) is 13.6. The number of para-hydroxylation sites is 1. The number of carbonyl (C=O) groups is 1. The maximum atomic E-state index is 12.4. The van der Waals surface area contributed by atoms with Crippen molar-refractivity contribution in [3.8, 4) is 5.75 Å². The van der Waals surface area contributed by atoms with Gasteiger partial charge in [0.2, 0.25) is 0 Å². The highest BCUT2D eigenvalue weighted by Crippen LogP contribution is 2.51. The van der Waals surface area contributed by atoms with Crippen LogP contribution in [0.15, 0.2) is 54.6 Å². The molecule has 2 bridgehead atoms. The zero-order chi connectivity index (χ0) is 19.7. The van der Waals surface area contributed by atoms with Gasteiger partial charge in [-0.05, 0) is 48.3 Å². The lowest BCUT2D eigenvalue weighted by Crippen LogP contribution is -2.62. The molecule has 3 N–H and O–H groups in total. The van der Waals surface area contributed by atoms with Gasteiger partial charge in [-0.15, -0.1) is 0 Å². The molecule has 1 saturated heterocycles. The third kappa shape index (κ3) is 3.29. The lowest BCUT2D eigenvalue weighted by molar-refractivity contribution is -0.147. The Kier molecular flexibility index (Phi) is 5.13. The fraction of sp³-hybridized carbons (Fsp3) is 0.435. The minimum absolute atomic E-state index is 0.0736. The van der Waals surface area contributed by atoms with E-state index in [-0.39, 0.29) is 17.9 Å². The van der Waals surface area contributed by atoms with Gasteiger partial charge in [-0.3, -0.25) is 10.1 Å². The molecule has 2 aliphatic rings. The van der Waals surface area contributed by atoms with Crippen molar-refractivity contribution < 1.29 is 14.3 Å². The molecule has 5 atom stereocenters. The zero-order valence-corrected chi connectivity index (χ0v) is 16.4. The Morgan fingerprint density at radius 2 is 1.86 bits per heavy atom. The summed E-state index contributed by atoms with van der Waals surface area (Å²) in [5.41, 5.74) is 8.38. The van der Waals surface area contributed by atoms with E-state index in [0.29, 0.717) is 11.8 Å². The van der Waals surface area contributed by atoms with Crippen LogP contribution in [0.2, 0.25) is 0 Å². The summed E-state index contributed by atoms with van der Waals surface area (Å²) in [4.78, 5) is 12.4. The van der Waals surface area contributed by atoms with Crippen LogP contribution in [0.1, 0.15) is 30.0 Å². The standard InChI is InChI=1S/C23H28N2O3/c1-27-20-11-7-6-10-16(20)12-18-17-13-19(22(26)28-2)23(24,14-17)25-21(18)15-8-4-3-5-9-15/h3-11,17-19,21,25H,12-14,24H2,1-2H3. The Labute approximate surface area is 166 Å². The molecule has 0 radical (unpaired) electrons. The molecule has 5 nitrogen and oxygen atoms in total. The first kappa shape index (κ1) is 19.0. The smallest absolute Gasteiger partial charge is 0.311 e. The molecule has 5 unspecified atom stereocenters. The van der Waals surface area contributed by atoms with Gasteiger partial charge in [0.15, 0.2) is 0 Å². The number of ether oxygens (including phenoxy) is 2. The Morgan fingerprint density at radius 3 is 2.57 bits per heavy atom. The summed E-state index contributed by atoms with van der Waals surface area (Å²) in [7, 11) is 3.15. The molecule has 1 aliphatic carbocycles. The van der Waals surface area contributed by atoms with Gasteiger partial charge in [-0.25, -0.2) is 0 Å². The highest BCUT2D eigenvalue weighted by molar-refractivity contribution is 5.74. The fourth-order valence-electron chi connectivity index (χ4n) is 5.18. The van der Waals surface area contributed by atoms with E-state index >= 15 is 0 Å². The Hall–Kier alpha value is -2.37. The monoisotopic (exact) mass is 380 g/mol. The van der Waals surface area contributed by atoms with Gasteiger partial charge in [0.1, 0.15) is 5.75 Å². The topological polar surface area (TPSA) is 73.6 Å². The zero-order valence-electron chi connectivity index (χ0n) is 16.4. The van der Waals surface area contributed by atoms with E-state index < -0.39 is 5.66 Å². The summed E-state index contributed by atoms with van der Waals surface area (Å²) in [6.07, 6.45) is 2.39. The predicted octanol–water partition coefficient (Wildman–Crippen LogP) is 3.05. The van der Waals surface area contributed by atoms with E-state index in [0.717, 1.165) is 25.0 Å². The van der Waals surface area contributed by atoms with Crippen molar-refractivity contribution >= 4 is 5.97 Å². The summed E-state index contributed by atoms with van der Waals surface area (Å²) < 4.78 is 10.6. The first-order valence-corrected chi connectivity index (χ1v) is 9.87. The molecule has 5 heteroatoms.